The number of fused-ring (bicyclic) bond motifs is 2. The summed E-state index contributed by atoms with van der Waals surface area (Å²) in [6.45, 7) is 6.52. The van der Waals surface area contributed by atoms with Crippen LogP contribution in [0.15, 0.2) is 24.3 Å². The molecule has 14 atom stereocenters. The van der Waals surface area contributed by atoms with Gasteiger partial charge in [0.25, 0.3) is 0 Å². The van der Waals surface area contributed by atoms with Crippen molar-refractivity contribution in [3.05, 3.63) is 29.8 Å². The molecule has 1 aromatic carbocycles. The molecule has 0 aromatic heterocycles. The number of hydrogen-bond acceptors (Lipinski definition) is 15. The average molecular weight is 1030 g/mol. The molecular weight excluding hydrogens is 953 g/mol. The van der Waals surface area contributed by atoms with Crippen molar-refractivity contribution in [3.63, 3.8) is 0 Å². The lowest BCUT2D eigenvalue weighted by atomic mass is 9.91. The Hall–Kier alpha value is -5.46. The SMILES string of the molecule is CCC(C)CC(C)CCCCCCCCC(=O)NC1C[C@@H](O)CNC(=O)[C@@H]2[C@@H](O)CCN2C(=O)C([C@H](O)CC(N)=O)NC(=O)[C@H](C[C@@H](O)c2ccc(O)cc2)NC(=O)C2C[C@@H](O)CN2C(=O)C([C@@H](C)O)NC1=O. The number of nitrogens with one attached hydrogen (secondary N) is 5. The van der Waals surface area contributed by atoms with Gasteiger partial charge in [0.15, 0.2) is 0 Å². The third-order valence-electron chi connectivity index (χ3n) is 14.1. The molecule has 0 spiro atoms. The molecular formula is C50H80N8O15. The molecule has 14 N–H and O–H groups in total. The lowest BCUT2D eigenvalue weighted by Gasteiger charge is -2.33. The zero-order chi connectivity index (χ0) is 54.1. The van der Waals surface area contributed by atoms with Crippen molar-refractivity contribution in [1.29, 1.82) is 0 Å². The number of carbonyl (C=O) groups excluding carboxylic acids is 8. The van der Waals surface area contributed by atoms with Crippen LogP contribution in [0.1, 0.15) is 136 Å². The fraction of sp³-hybridized carbons (Fsp3) is 0.720. The number of carbonyl (C=O) groups is 8. The first-order valence-corrected chi connectivity index (χ1v) is 25.8. The van der Waals surface area contributed by atoms with Crippen LogP contribution in [0.4, 0.5) is 0 Å². The van der Waals surface area contributed by atoms with Gasteiger partial charge < -0.3 is 77.9 Å². The summed E-state index contributed by atoms with van der Waals surface area (Å²) in [6.07, 6.45) is -3.56. The Labute approximate surface area is 426 Å². The number of aliphatic hydroxyl groups excluding tert-OH is 6. The molecule has 23 nitrogen and oxygen atoms in total. The minimum absolute atomic E-state index is 0.00660. The van der Waals surface area contributed by atoms with Crippen molar-refractivity contribution in [2.75, 3.05) is 19.6 Å². The van der Waals surface area contributed by atoms with Crippen molar-refractivity contribution < 1.29 is 74.1 Å². The molecule has 0 saturated carbocycles. The van der Waals surface area contributed by atoms with Gasteiger partial charge in [-0.2, -0.15) is 0 Å². The highest BCUT2D eigenvalue weighted by Crippen LogP contribution is 2.26. The van der Waals surface area contributed by atoms with Crippen LogP contribution < -0.4 is 32.3 Å². The number of phenolic OH excluding ortho intramolecular Hbond substituents is 1. The molecule has 3 aliphatic heterocycles. The Morgan fingerprint density at radius 1 is 0.767 bits per heavy atom. The van der Waals surface area contributed by atoms with E-state index >= 15 is 0 Å². The lowest BCUT2D eigenvalue weighted by Crippen LogP contribution is -2.62. The summed E-state index contributed by atoms with van der Waals surface area (Å²) in [7, 11) is 0. The van der Waals surface area contributed by atoms with E-state index in [0.717, 1.165) is 54.7 Å². The number of β-amino-alcohol motifs (C(OH)–C–C–N with tert-alkyl or cyclic N) is 1. The van der Waals surface area contributed by atoms with Gasteiger partial charge in [0.2, 0.25) is 47.3 Å². The molecule has 0 aliphatic carbocycles. The molecule has 3 fully saturated rings. The number of amides is 8. The van der Waals surface area contributed by atoms with E-state index in [2.05, 4.69) is 47.4 Å². The lowest BCUT2D eigenvalue weighted by molar-refractivity contribution is -0.147. The Kier molecular flexibility index (Phi) is 23.7. The van der Waals surface area contributed by atoms with Gasteiger partial charge in [0.05, 0.1) is 43.0 Å². The summed E-state index contributed by atoms with van der Waals surface area (Å²) < 4.78 is 0. The summed E-state index contributed by atoms with van der Waals surface area (Å²) in [5, 5.41) is 88.5. The van der Waals surface area contributed by atoms with Gasteiger partial charge in [-0.05, 0) is 55.7 Å². The van der Waals surface area contributed by atoms with E-state index in [1.54, 1.807) is 0 Å². The van der Waals surface area contributed by atoms with Crippen molar-refractivity contribution >= 4 is 47.3 Å². The molecule has 1 aromatic rings. The smallest absolute Gasteiger partial charge is 0.248 e. The van der Waals surface area contributed by atoms with Crippen LogP contribution in [-0.4, -0.2) is 179 Å². The topological polar surface area (TPSA) is 371 Å². The van der Waals surface area contributed by atoms with Gasteiger partial charge >= 0.3 is 0 Å². The highest BCUT2D eigenvalue weighted by atomic mass is 16.3. The molecule has 410 valence electrons. The molecule has 0 bridgehead atoms. The van der Waals surface area contributed by atoms with Gasteiger partial charge in [0.1, 0.15) is 42.0 Å². The maximum absolute atomic E-state index is 14.3. The number of primary amides is 1. The van der Waals surface area contributed by atoms with Crippen LogP contribution in [0.2, 0.25) is 0 Å². The summed E-state index contributed by atoms with van der Waals surface area (Å²) in [6, 6.07) is -5.37. The quantitative estimate of drug-likeness (QED) is 0.0653. The second kappa shape index (κ2) is 28.8. The van der Waals surface area contributed by atoms with E-state index in [1.165, 1.54) is 37.6 Å². The molecule has 3 heterocycles. The first kappa shape index (κ1) is 60.1. The standard InChI is InChI=1S/C50H80N8O15/c1-5-27(2)20-28(3)12-10-8-6-7-9-11-13-41(67)53-34-21-32(61)25-52-48(71)44-37(63)18-19-57(44)50(73)43(39(65)24-40(51)66)56-46(69)35(23-38(64)30-14-16-31(60)17-15-30)54-47(70)36-22-33(62)26-58(36)49(72)42(29(4)59)55-45(34)68/h14-17,27-29,32-39,42-44,59-65H,5-13,18-26H2,1-4H3,(H2,51,66)(H,52,71)(H,53,67)(H,54,70)(H,55,68)(H,56,69)/t27?,28?,29-,32-,33-,34?,35+,36?,37+,38-,39-,42?,43?,44+/m1/s1. The number of benzene rings is 1. The Balaban J connectivity index is 1.64. The van der Waals surface area contributed by atoms with Crippen molar-refractivity contribution in [2.45, 2.75) is 197 Å². The maximum Gasteiger partial charge on any atom is 0.248 e. The van der Waals surface area contributed by atoms with Crippen molar-refractivity contribution in [3.8, 4) is 5.75 Å². The van der Waals surface area contributed by atoms with E-state index in [9.17, 15) is 74.1 Å². The second-order valence-electron chi connectivity index (χ2n) is 20.4. The van der Waals surface area contributed by atoms with Crippen LogP contribution in [0.25, 0.3) is 0 Å². The number of phenols is 1. The van der Waals surface area contributed by atoms with E-state index in [0.29, 0.717) is 18.3 Å². The van der Waals surface area contributed by atoms with Gasteiger partial charge in [-0.15, -0.1) is 0 Å². The maximum atomic E-state index is 14.3. The van der Waals surface area contributed by atoms with Crippen LogP contribution in [-0.2, 0) is 38.4 Å². The Morgan fingerprint density at radius 3 is 2.04 bits per heavy atom. The average Bonchev–Trinajstić information content (AvgIpc) is 3.93. The molecule has 4 rings (SSSR count). The molecule has 23 heteroatoms. The number of aliphatic hydroxyl groups is 6. The van der Waals surface area contributed by atoms with Gasteiger partial charge in [-0.1, -0.05) is 77.8 Å². The number of nitrogens with two attached hydrogens (primary N) is 1. The Morgan fingerprint density at radius 2 is 1.40 bits per heavy atom. The minimum atomic E-state index is -2.07. The number of hydrogen-bond donors (Lipinski definition) is 13. The van der Waals surface area contributed by atoms with Crippen molar-refractivity contribution in [2.24, 2.45) is 17.6 Å². The minimum Gasteiger partial charge on any atom is -0.508 e. The number of unbranched alkanes of at least 4 members (excludes halogenated alkanes) is 5. The molecule has 3 saturated heterocycles. The molecule has 0 radical (unpaired) electrons. The van der Waals surface area contributed by atoms with Crippen LogP contribution in [0.3, 0.4) is 0 Å². The number of nitrogens with zero attached hydrogens (tertiary/aromatic N) is 2. The van der Waals surface area contributed by atoms with E-state index < -0.39 is 159 Å². The zero-order valence-electron chi connectivity index (χ0n) is 42.5. The summed E-state index contributed by atoms with van der Waals surface area (Å²) >= 11 is 0. The number of aromatic hydroxyl groups is 1. The summed E-state index contributed by atoms with van der Waals surface area (Å²) in [4.78, 5) is 112. The normalized spacial score (nSPS) is 28.0. The zero-order valence-corrected chi connectivity index (χ0v) is 42.5. The van der Waals surface area contributed by atoms with Gasteiger partial charge in [-0.25, -0.2) is 0 Å². The highest BCUT2D eigenvalue weighted by molar-refractivity contribution is 5.98. The van der Waals surface area contributed by atoms with Crippen molar-refractivity contribution in [1.82, 2.24) is 36.4 Å². The van der Waals surface area contributed by atoms with Crippen LogP contribution in [0.5, 0.6) is 5.75 Å². The fourth-order valence-electron chi connectivity index (χ4n) is 9.73. The Bertz CT molecular complexity index is 2030. The monoisotopic (exact) mass is 1030 g/mol. The first-order valence-electron chi connectivity index (χ1n) is 25.8. The summed E-state index contributed by atoms with van der Waals surface area (Å²) in [5.41, 5.74) is 5.51. The van der Waals surface area contributed by atoms with Gasteiger partial charge in [-0.3, -0.25) is 38.4 Å². The van der Waals surface area contributed by atoms with E-state index in [4.69, 9.17) is 5.73 Å². The van der Waals surface area contributed by atoms with Gasteiger partial charge in [0, 0.05) is 45.3 Å². The largest absolute Gasteiger partial charge is 0.508 e. The predicted molar refractivity (Wildman–Crippen MR) is 263 cm³/mol. The molecule has 8 amide bonds. The third-order valence-corrected chi connectivity index (χ3v) is 14.1. The fourth-order valence-corrected chi connectivity index (χ4v) is 9.73. The van der Waals surface area contributed by atoms with Crippen LogP contribution >= 0.6 is 0 Å². The third kappa shape index (κ3) is 18.2. The molecule has 73 heavy (non-hydrogen) atoms. The number of rotatable bonds is 20. The second-order valence-corrected chi connectivity index (χ2v) is 20.4. The summed E-state index contributed by atoms with van der Waals surface area (Å²) in [5.74, 6) is -7.04. The molecule has 6 unspecified atom stereocenters. The van der Waals surface area contributed by atoms with Crippen LogP contribution in [0, 0.1) is 11.8 Å². The molecule has 3 aliphatic rings. The van der Waals surface area contributed by atoms with E-state index in [-0.39, 0.29) is 30.7 Å². The first-order chi connectivity index (χ1) is 34.5. The van der Waals surface area contributed by atoms with E-state index in [1.807, 2.05) is 0 Å². The highest BCUT2D eigenvalue weighted by Gasteiger charge is 2.47. The predicted octanol–water partition coefficient (Wildman–Crippen LogP) is -1.63.